The lowest BCUT2D eigenvalue weighted by Crippen LogP contribution is -2.42. The molecular formula is C22H39F3. The molecule has 3 heteroatoms. The highest BCUT2D eigenvalue weighted by atomic mass is 19.4. The van der Waals surface area contributed by atoms with Gasteiger partial charge in [-0.2, -0.15) is 13.2 Å². The zero-order chi connectivity index (χ0) is 18.3. The Bertz CT molecular complexity index is 358. The summed E-state index contributed by atoms with van der Waals surface area (Å²) in [6.07, 6.45) is 10.6. The van der Waals surface area contributed by atoms with Crippen molar-refractivity contribution in [3.05, 3.63) is 0 Å². The van der Waals surface area contributed by atoms with E-state index in [-0.39, 0.29) is 0 Å². The van der Waals surface area contributed by atoms with Gasteiger partial charge in [0.2, 0.25) is 0 Å². The van der Waals surface area contributed by atoms with Crippen LogP contribution in [0.1, 0.15) is 110 Å². The predicted molar refractivity (Wildman–Crippen MR) is 99.6 cm³/mol. The lowest BCUT2D eigenvalue weighted by molar-refractivity contribution is -0.241. The van der Waals surface area contributed by atoms with E-state index in [1.807, 2.05) is 0 Å². The number of rotatable bonds is 8. The molecule has 0 N–H and O–H groups in total. The van der Waals surface area contributed by atoms with Crippen LogP contribution in [0.25, 0.3) is 0 Å². The van der Waals surface area contributed by atoms with E-state index in [1.54, 1.807) is 0 Å². The van der Waals surface area contributed by atoms with Crippen molar-refractivity contribution >= 4 is 0 Å². The lowest BCUT2D eigenvalue weighted by atomic mass is 9.62. The molecule has 0 aliphatic heterocycles. The van der Waals surface area contributed by atoms with E-state index in [9.17, 15) is 13.2 Å². The summed E-state index contributed by atoms with van der Waals surface area (Å²) < 4.78 is 41.3. The van der Waals surface area contributed by atoms with Crippen LogP contribution in [0.4, 0.5) is 13.2 Å². The second-order valence-corrected chi connectivity index (χ2v) is 9.00. The van der Waals surface area contributed by atoms with Crippen LogP contribution in [0.5, 0.6) is 0 Å². The summed E-state index contributed by atoms with van der Waals surface area (Å²) in [6.45, 7) is 4.31. The van der Waals surface area contributed by atoms with Gasteiger partial charge in [0.1, 0.15) is 0 Å². The van der Waals surface area contributed by atoms with Crippen LogP contribution in [0, 0.1) is 23.2 Å². The number of halogens is 3. The molecule has 25 heavy (non-hydrogen) atoms. The van der Waals surface area contributed by atoms with Crippen LogP contribution in [0.15, 0.2) is 0 Å². The zero-order valence-electron chi connectivity index (χ0n) is 16.5. The van der Waals surface area contributed by atoms with E-state index in [4.69, 9.17) is 0 Å². The first-order chi connectivity index (χ1) is 11.9. The van der Waals surface area contributed by atoms with Crippen molar-refractivity contribution in [3.8, 4) is 0 Å². The monoisotopic (exact) mass is 360 g/mol. The van der Waals surface area contributed by atoms with Crippen molar-refractivity contribution in [3.63, 3.8) is 0 Å². The van der Waals surface area contributed by atoms with Gasteiger partial charge in [0.05, 0.1) is 5.41 Å². The summed E-state index contributed by atoms with van der Waals surface area (Å²) in [4.78, 5) is 0. The highest BCUT2D eigenvalue weighted by Crippen LogP contribution is 2.55. The van der Waals surface area contributed by atoms with Crippen molar-refractivity contribution < 1.29 is 13.2 Å². The number of alkyl halides is 3. The first-order valence-electron chi connectivity index (χ1n) is 11.0. The second-order valence-electron chi connectivity index (χ2n) is 9.00. The van der Waals surface area contributed by atoms with Crippen molar-refractivity contribution in [2.24, 2.45) is 23.2 Å². The predicted octanol–water partition coefficient (Wildman–Crippen LogP) is 8.30. The molecule has 0 bridgehead atoms. The molecule has 0 atom stereocenters. The van der Waals surface area contributed by atoms with Crippen LogP contribution in [0.3, 0.4) is 0 Å². The van der Waals surface area contributed by atoms with E-state index in [0.29, 0.717) is 31.1 Å². The fraction of sp³-hybridized carbons (Fsp3) is 1.00. The van der Waals surface area contributed by atoms with Gasteiger partial charge in [-0.15, -0.1) is 0 Å². The molecule has 0 aromatic carbocycles. The van der Waals surface area contributed by atoms with Crippen LogP contribution in [-0.2, 0) is 0 Å². The fourth-order valence-corrected chi connectivity index (χ4v) is 5.49. The maximum Gasteiger partial charge on any atom is 0.394 e. The maximum atomic E-state index is 13.8. The van der Waals surface area contributed by atoms with Gasteiger partial charge < -0.3 is 0 Å². The standard InChI is InChI=1S/C22H39F3/c1-3-5-7-15-21(22(23,24)25)16-13-20(14-17-21)19-11-9-18(10-12-19)8-6-4-2/h18-20H,3-17H2,1-2H3/t18?,19?,20-,21+. The van der Waals surface area contributed by atoms with Gasteiger partial charge in [0, 0.05) is 0 Å². The van der Waals surface area contributed by atoms with Crippen LogP contribution < -0.4 is 0 Å². The smallest absolute Gasteiger partial charge is 0.171 e. The molecule has 148 valence electrons. The third-order valence-corrected chi connectivity index (χ3v) is 7.37. The summed E-state index contributed by atoms with van der Waals surface area (Å²) >= 11 is 0. The first-order valence-corrected chi connectivity index (χ1v) is 11.0. The Morgan fingerprint density at radius 3 is 1.84 bits per heavy atom. The molecule has 2 aliphatic rings. The summed E-state index contributed by atoms with van der Waals surface area (Å²) in [6, 6.07) is 0. The Hall–Kier alpha value is -0.210. The minimum atomic E-state index is -4.01. The minimum Gasteiger partial charge on any atom is -0.171 e. The van der Waals surface area contributed by atoms with Gasteiger partial charge in [-0.05, 0) is 62.7 Å². The molecule has 0 aromatic heterocycles. The van der Waals surface area contributed by atoms with Crippen molar-refractivity contribution in [1.82, 2.24) is 0 Å². The molecule has 0 nitrogen and oxygen atoms in total. The average Bonchev–Trinajstić information content (AvgIpc) is 2.60. The summed E-state index contributed by atoms with van der Waals surface area (Å²) in [5.41, 5.74) is -1.36. The fourth-order valence-electron chi connectivity index (χ4n) is 5.49. The molecule has 0 spiro atoms. The van der Waals surface area contributed by atoms with Crippen LogP contribution in [-0.4, -0.2) is 6.18 Å². The molecule has 0 unspecified atom stereocenters. The third kappa shape index (κ3) is 5.63. The van der Waals surface area contributed by atoms with Gasteiger partial charge in [-0.3, -0.25) is 0 Å². The highest BCUT2D eigenvalue weighted by molar-refractivity contribution is 4.93. The van der Waals surface area contributed by atoms with E-state index >= 15 is 0 Å². The summed E-state index contributed by atoms with van der Waals surface area (Å²) in [7, 11) is 0. The Labute approximate surface area is 153 Å². The molecule has 2 fully saturated rings. The molecule has 0 aromatic rings. The molecule has 0 amide bonds. The maximum absolute atomic E-state index is 13.8. The van der Waals surface area contributed by atoms with Gasteiger partial charge in [-0.1, -0.05) is 65.2 Å². The third-order valence-electron chi connectivity index (χ3n) is 7.37. The van der Waals surface area contributed by atoms with Gasteiger partial charge >= 0.3 is 6.18 Å². The summed E-state index contributed by atoms with van der Waals surface area (Å²) in [5, 5.41) is 0. The molecule has 2 saturated carbocycles. The number of unbranched alkanes of at least 4 members (excludes halogenated alkanes) is 3. The summed E-state index contributed by atoms with van der Waals surface area (Å²) in [5.74, 6) is 2.16. The van der Waals surface area contributed by atoms with E-state index in [0.717, 1.165) is 38.0 Å². The van der Waals surface area contributed by atoms with Crippen molar-refractivity contribution in [2.75, 3.05) is 0 Å². The van der Waals surface area contributed by atoms with Gasteiger partial charge in [0.25, 0.3) is 0 Å². The largest absolute Gasteiger partial charge is 0.394 e. The van der Waals surface area contributed by atoms with Crippen molar-refractivity contribution in [1.29, 1.82) is 0 Å². The molecule has 0 radical (unpaired) electrons. The van der Waals surface area contributed by atoms with Crippen LogP contribution in [0.2, 0.25) is 0 Å². The SMILES string of the molecule is CCCCC[C@]1(C(F)(F)F)CC[C@@H](C2CCC(CCCC)CC2)CC1. The highest BCUT2D eigenvalue weighted by Gasteiger charge is 2.55. The Morgan fingerprint density at radius 1 is 0.760 bits per heavy atom. The van der Waals surface area contributed by atoms with Crippen LogP contribution >= 0.6 is 0 Å². The Morgan fingerprint density at radius 2 is 1.32 bits per heavy atom. The van der Waals surface area contributed by atoms with Gasteiger partial charge in [-0.25, -0.2) is 0 Å². The normalized spacial score (nSPS) is 34.2. The zero-order valence-corrected chi connectivity index (χ0v) is 16.5. The number of hydrogen-bond donors (Lipinski definition) is 0. The minimum absolute atomic E-state index is 0.362. The lowest BCUT2D eigenvalue weighted by Gasteiger charge is -2.44. The Kier molecular flexibility index (Phi) is 8.14. The topological polar surface area (TPSA) is 0 Å². The van der Waals surface area contributed by atoms with E-state index in [1.165, 1.54) is 44.9 Å². The average molecular weight is 361 g/mol. The van der Waals surface area contributed by atoms with E-state index < -0.39 is 11.6 Å². The molecular weight excluding hydrogens is 321 g/mol. The molecule has 2 rings (SSSR count). The Balaban J connectivity index is 1.83. The molecule has 0 saturated heterocycles. The molecule has 0 heterocycles. The first kappa shape index (κ1) is 21.1. The van der Waals surface area contributed by atoms with Crippen molar-refractivity contribution in [2.45, 2.75) is 116 Å². The molecule has 2 aliphatic carbocycles. The van der Waals surface area contributed by atoms with Gasteiger partial charge in [0.15, 0.2) is 0 Å². The number of hydrogen-bond acceptors (Lipinski definition) is 0. The second kappa shape index (κ2) is 9.65. The van der Waals surface area contributed by atoms with E-state index in [2.05, 4.69) is 13.8 Å². The quantitative estimate of drug-likeness (QED) is 0.382.